The first-order valence-corrected chi connectivity index (χ1v) is 9.07. The fourth-order valence-electron chi connectivity index (χ4n) is 4.16. The summed E-state index contributed by atoms with van der Waals surface area (Å²) in [7, 11) is 0. The maximum absolute atomic E-state index is 12.6. The second kappa shape index (κ2) is 6.25. The van der Waals surface area contributed by atoms with Crippen molar-refractivity contribution in [3.05, 3.63) is 40.9 Å². The second-order valence-corrected chi connectivity index (χ2v) is 7.48. The molecule has 0 aromatic heterocycles. The third kappa shape index (κ3) is 2.84. The van der Waals surface area contributed by atoms with E-state index in [1.807, 2.05) is 4.90 Å². The van der Waals surface area contributed by atoms with E-state index < -0.39 is 0 Å². The van der Waals surface area contributed by atoms with Crippen molar-refractivity contribution in [1.29, 1.82) is 0 Å². The molecule has 1 aliphatic heterocycles. The first kappa shape index (κ1) is 15.7. The maximum Gasteiger partial charge on any atom is 0.253 e. The van der Waals surface area contributed by atoms with E-state index in [0.717, 1.165) is 38.8 Å². The third-order valence-electron chi connectivity index (χ3n) is 5.48. The number of amides is 2. The molecule has 24 heavy (non-hydrogen) atoms. The topological polar surface area (TPSA) is 49.4 Å². The van der Waals surface area contributed by atoms with Crippen LogP contribution in [0.5, 0.6) is 0 Å². The van der Waals surface area contributed by atoms with Crippen LogP contribution in [0.3, 0.4) is 0 Å². The Morgan fingerprint density at radius 3 is 2.58 bits per heavy atom. The van der Waals surface area contributed by atoms with Crippen LogP contribution >= 0.6 is 11.6 Å². The Bertz CT molecular complexity index is 709. The summed E-state index contributed by atoms with van der Waals surface area (Å²) >= 11 is 6.24. The Hall–Kier alpha value is -1.81. The Morgan fingerprint density at radius 2 is 1.92 bits per heavy atom. The Morgan fingerprint density at radius 1 is 1.12 bits per heavy atom. The van der Waals surface area contributed by atoms with Crippen molar-refractivity contribution in [3.8, 4) is 0 Å². The van der Waals surface area contributed by atoms with Gasteiger partial charge in [0.2, 0.25) is 5.91 Å². The minimum atomic E-state index is 0.0134. The number of fused-ring (bicyclic) bond motifs is 2. The van der Waals surface area contributed by atoms with Crippen molar-refractivity contribution < 1.29 is 9.59 Å². The first-order valence-electron chi connectivity index (χ1n) is 8.70. The fourth-order valence-corrected chi connectivity index (χ4v) is 4.33. The molecule has 3 aliphatic rings. The summed E-state index contributed by atoms with van der Waals surface area (Å²) in [4.78, 5) is 27.0. The van der Waals surface area contributed by atoms with E-state index in [4.69, 9.17) is 11.6 Å². The van der Waals surface area contributed by atoms with Crippen molar-refractivity contribution in [3.63, 3.8) is 0 Å². The zero-order valence-corrected chi connectivity index (χ0v) is 14.3. The monoisotopic (exact) mass is 344 g/mol. The number of carbonyl (C=O) groups excluding carboxylic acids is 2. The number of nitrogens with one attached hydrogen (secondary N) is 1. The third-order valence-corrected chi connectivity index (χ3v) is 5.81. The highest BCUT2D eigenvalue weighted by Crippen LogP contribution is 2.44. The average molecular weight is 345 g/mol. The number of benzene rings is 1. The van der Waals surface area contributed by atoms with Gasteiger partial charge in [-0.1, -0.05) is 23.8 Å². The van der Waals surface area contributed by atoms with Gasteiger partial charge in [0.05, 0.1) is 10.7 Å². The van der Waals surface area contributed by atoms with Gasteiger partial charge in [-0.2, -0.15) is 0 Å². The number of hydrogen-bond donors (Lipinski definition) is 1. The number of carbonyl (C=O) groups is 2. The lowest BCUT2D eigenvalue weighted by Crippen LogP contribution is -2.28. The van der Waals surface area contributed by atoms with E-state index in [1.54, 1.807) is 18.2 Å². The Labute approximate surface area is 146 Å². The van der Waals surface area contributed by atoms with Crippen LogP contribution in [-0.4, -0.2) is 29.8 Å². The molecule has 1 saturated heterocycles. The number of hydrogen-bond acceptors (Lipinski definition) is 2. The van der Waals surface area contributed by atoms with Crippen molar-refractivity contribution in [2.45, 2.75) is 25.7 Å². The van der Waals surface area contributed by atoms with Gasteiger partial charge in [-0.3, -0.25) is 9.59 Å². The van der Waals surface area contributed by atoms with E-state index in [1.165, 1.54) is 0 Å². The van der Waals surface area contributed by atoms with Crippen molar-refractivity contribution >= 4 is 29.1 Å². The van der Waals surface area contributed by atoms with Crippen LogP contribution in [0.15, 0.2) is 30.4 Å². The molecule has 1 heterocycles. The van der Waals surface area contributed by atoms with Crippen LogP contribution in [-0.2, 0) is 4.79 Å². The van der Waals surface area contributed by atoms with Crippen molar-refractivity contribution in [2.24, 2.45) is 17.8 Å². The summed E-state index contributed by atoms with van der Waals surface area (Å²) in [6.07, 6.45) is 8.49. The molecule has 3 atom stereocenters. The first-order chi connectivity index (χ1) is 11.6. The zero-order chi connectivity index (χ0) is 16.7. The lowest BCUT2D eigenvalue weighted by Gasteiger charge is -2.19. The van der Waals surface area contributed by atoms with E-state index in [9.17, 15) is 9.59 Å². The van der Waals surface area contributed by atoms with Crippen LogP contribution in [0.2, 0.25) is 5.02 Å². The fraction of sp³-hybridized carbons (Fsp3) is 0.474. The molecular formula is C19H21ClN2O2. The van der Waals surface area contributed by atoms with Gasteiger partial charge in [-0.05, 0) is 55.7 Å². The minimum absolute atomic E-state index is 0.0134. The largest absolute Gasteiger partial charge is 0.339 e. The van der Waals surface area contributed by atoms with Crippen LogP contribution < -0.4 is 5.32 Å². The molecule has 1 aromatic rings. The summed E-state index contributed by atoms with van der Waals surface area (Å²) in [5.41, 5.74) is 1.13. The summed E-state index contributed by atoms with van der Waals surface area (Å²) < 4.78 is 0. The second-order valence-electron chi connectivity index (χ2n) is 7.07. The number of rotatable bonds is 3. The van der Waals surface area contributed by atoms with E-state index >= 15 is 0 Å². The van der Waals surface area contributed by atoms with E-state index in [-0.39, 0.29) is 17.7 Å². The predicted molar refractivity (Wildman–Crippen MR) is 94.1 cm³/mol. The van der Waals surface area contributed by atoms with Gasteiger partial charge < -0.3 is 10.2 Å². The molecule has 1 aromatic carbocycles. The number of nitrogens with zero attached hydrogens (tertiary/aromatic N) is 1. The molecule has 2 bridgehead atoms. The Balaban J connectivity index is 1.50. The standard InChI is InChI=1S/C19H21ClN2O2/c20-16-6-5-14(19(24)22-7-1-2-8-22)11-17(16)21-18(23)15-10-12-3-4-13(15)9-12/h3-6,11-13,15H,1-2,7-10H2,(H,21,23)/t12-,13-,15+/m0/s1. The summed E-state index contributed by atoms with van der Waals surface area (Å²) in [5, 5.41) is 3.42. The molecule has 126 valence electrons. The van der Waals surface area contributed by atoms with Crippen LogP contribution in [0.4, 0.5) is 5.69 Å². The lowest BCUT2D eigenvalue weighted by molar-refractivity contribution is -0.120. The van der Waals surface area contributed by atoms with Crippen molar-refractivity contribution in [1.82, 2.24) is 4.90 Å². The van der Waals surface area contributed by atoms with Gasteiger partial charge in [0, 0.05) is 24.6 Å². The molecule has 4 rings (SSSR count). The quantitative estimate of drug-likeness (QED) is 0.849. The highest BCUT2D eigenvalue weighted by molar-refractivity contribution is 6.34. The summed E-state index contributed by atoms with van der Waals surface area (Å²) in [6.45, 7) is 1.61. The molecule has 4 nitrogen and oxygen atoms in total. The molecule has 0 spiro atoms. The average Bonchev–Trinajstić information content (AvgIpc) is 3.33. The van der Waals surface area contributed by atoms with Gasteiger partial charge in [-0.15, -0.1) is 0 Å². The molecule has 0 radical (unpaired) electrons. The molecule has 2 aliphatic carbocycles. The molecule has 2 amide bonds. The lowest BCUT2D eigenvalue weighted by atomic mass is 9.93. The minimum Gasteiger partial charge on any atom is -0.339 e. The number of allylic oxidation sites excluding steroid dienone is 2. The molecular weight excluding hydrogens is 324 g/mol. The summed E-state index contributed by atoms with van der Waals surface area (Å²) in [6, 6.07) is 5.14. The highest BCUT2D eigenvalue weighted by atomic mass is 35.5. The number of anilines is 1. The molecule has 1 N–H and O–H groups in total. The smallest absolute Gasteiger partial charge is 0.253 e. The molecule has 5 heteroatoms. The van der Waals surface area contributed by atoms with Crippen molar-refractivity contribution in [2.75, 3.05) is 18.4 Å². The normalized spacial score (nSPS) is 27.7. The summed E-state index contributed by atoms with van der Waals surface area (Å²) in [5.74, 6) is 0.948. The van der Waals surface area contributed by atoms with Gasteiger partial charge >= 0.3 is 0 Å². The van der Waals surface area contributed by atoms with Crippen LogP contribution in [0.1, 0.15) is 36.0 Å². The van der Waals surface area contributed by atoms with Gasteiger partial charge in [0.25, 0.3) is 5.91 Å². The highest BCUT2D eigenvalue weighted by Gasteiger charge is 2.39. The van der Waals surface area contributed by atoms with Crippen LogP contribution in [0.25, 0.3) is 0 Å². The van der Waals surface area contributed by atoms with Crippen LogP contribution in [0, 0.1) is 17.8 Å². The van der Waals surface area contributed by atoms with Gasteiger partial charge in [-0.25, -0.2) is 0 Å². The predicted octanol–water partition coefficient (Wildman–Crippen LogP) is 3.73. The Kier molecular flexibility index (Phi) is 4.09. The number of likely N-dealkylation sites (tertiary alicyclic amines) is 1. The van der Waals surface area contributed by atoms with E-state index in [0.29, 0.717) is 28.1 Å². The zero-order valence-electron chi connectivity index (χ0n) is 13.5. The molecule has 2 fully saturated rings. The maximum atomic E-state index is 12.6. The number of halogens is 1. The molecule has 0 unspecified atom stereocenters. The van der Waals surface area contributed by atoms with E-state index in [2.05, 4.69) is 17.5 Å². The van der Waals surface area contributed by atoms with Gasteiger partial charge in [0.15, 0.2) is 0 Å². The molecule has 1 saturated carbocycles. The van der Waals surface area contributed by atoms with Gasteiger partial charge in [0.1, 0.15) is 0 Å². The SMILES string of the molecule is O=C(Nc1cc(C(=O)N2CCCC2)ccc1Cl)[C@@H]1C[C@H]2C=C[C@H]1C2.